The number of furan rings is 1. The Kier molecular flexibility index (Phi) is 5.41. The lowest BCUT2D eigenvalue weighted by Gasteiger charge is -2.10. The third-order valence-corrected chi connectivity index (χ3v) is 4.24. The van der Waals surface area contributed by atoms with E-state index in [0.29, 0.717) is 17.9 Å². The number of rotatable bonds is 6. The van der Waals surface area contributed by atoms with Gasteiger partial charge >= 0.3 is 0 Å². The van der Waals surface area contributed by atoms with Gasteiger partial charge in [-0.05, 0) is 36.3 Å². The van der Waals surface area contributed by atoms with Crippen LogP contribution in [-0.2, 0) is 4.79 Å². The molecule has 1 amide bonds. The molecule has 138 valence electrons. The predicted octanol–water partition coefficient (Wildman–Crippen LogP) is 4.95. The molecule has 0 atom stereocenters. The first kappa shape index (κ1) is 18.5. The number of nitrogens with one attached hydrogen (secondary N) is 1. The van der Waals surface area contributed by atoms with E-state index >= 15 is 0 Å². The first-order chi connectivity index (χ1) is 13.0. The van der Waals surface area contributed by atoms with E-state index in [4.69, 9.17) is 9.15 Å². The highest BCUT2D eigenvalue weighted by Crippen LogP contribution is 2.37. The van der Waals surface area contributed by atoms with E-state index in [0.717, 1.165) is 27.6 Å². The molecule has 0 aliphatic carbocycles. The summed E-state index contributed by atoms with van der Waals surface area (Å²) in [4.78, 5) is 12.0. The second kappa shape index (κ2) is 7.91. The molecule has 4 nitrogen and oxygen atoms in total. The Morgan fingerprint density at radius 1 is 1.30 bits per heavy atom. The quantitative estimate of drug-likeness (QED) is 0.496. The van der Waals surface area contributed by atoms with Crippen molar-refractivity contribution in [2.24, 2.45) is 0 Å². The van der Waals surface area contributed by atoms with E-state index < -0.39 is 0 Å². The van der Waals surface area contributed by atoms with Crippen molar-refractivity contribution in [3.05, 3.63) is 72.8 Å². The van der Waals surface area contributed by atoms with Crippen LogP contribution >= 0.6 is 0 Å². The molecule has 0 aliphatic rings. The summed E-state index contributed by atoms with van der Waals surface area (Å²) in [6.45, 7) is 5.82. The van der Waals surface area contributed by atoms with Crippen molar-refractivity contribution in [3.8, 4) is 16.9 Å². The Morgan fingerprint density at radius 2 is 2.04 bits per heavy atom. The normalized spacial score (nSPS) is 11.4. The van der Waals surface area contributed by atoms with E-state index in [2.05, 4.69) is 11.9 Å². The molecule has 1 heterocycles. The second-order valence-corrected chi connectivity index (χ2v) is 6.07. The molecule has 0 bridgehead atoms. The van der Waals surface area contributed by atoms with Gasteiger partial charge in [0.05, 0.1) is 13.4 Å². The fourth-order valence-electron chi connectivity index (χ4n) is 2.88. The summed E-state index contributed by atoms with van der Waals surface area (Å²) in [5, 5.41) is 3.57. The van der Waals surface area contributed by atoms with Crippen LogP contribution in [0, 0.1) is 5.82 Å². The van der Waals surface area contributed by atoms with Crippen LogP contribution in [0.4, 0.5) is 4.39 Å². The molecule has 3 aromatic rings. The molecule has 5 heteroatoms. The zero-order valence-corrected chi connectivity index (χ0v) is 15.2. The Bertz CT molecular complexity index is 1020. The fraction of sp³-hybridized carbons (Fsp3) is 0.136. The SMILES string of the molecule is C=CCNC(=O)/C=C(\C)c1cc2c(-c3ccc(F)cc3)coc2cc1OC. The van der Waals surface area contributed by atoms with E-state index in [-0.39, 0.29) is 11.7 Å². The predicted molar refractivity (Wildman–Crippen MR) is 105 cm³/mol. The van der Waals surface area contributed by atoms with Crippen LogP contribution in [0.5, 0.6) is 5.75 Å². The molecular weight excluding hydrogens is 345 g/mol. The number of fused-ring (bicyclic) bond motifs is 1. The van der Waals surface area contributed by atoms with Crippen LogP contribution in [0.2, 0.25) is 0 Å². The van der Waals surface area contributed by atoms with Gasteiger partial charge < -0.3 is 14.5 Å². The number of hydrogen-bond acceptors (Lipinski definition) is 3. The molecule has 1 aromatic heterocycles. The summed E-state index contributed by atoms with van der Waals surface area (Å²) in [5.74, 6) is 0.103. The zero-order chi connectivity index (χ0) is 19.4. The van der Waals surface area contributed by atoms with Crippen LogP contribution in [0.3, 0.4) is 0 Å². The van der Waals surface area contributed by atoms with Crippen molar-refractivity contribution in [3.63, 3.8) is 0 Å². The molecule has 0 spiro atoms. The van der Waals surface area contributed by atoms with Gasteiger partial charge in [-0.1, -0.05) is 18.2 Å². The summed E-state index contributed by atoms with van der Waals surface area (Å²) in [7, 11) is 1.57. The molecule has 0 fully saturated rings. The number of allylic oxidation sites excluding steroid dienone is 1. The highest BCUT2D eigenvalue weighted by molar-refractivity contribution is 6.00. The minimum absolute atomic E-state index is 0.208. The average Bonchev–Trinajstić information content (AvgIpc) is 3.08. The van der Waals surface area contributed by atoms with E-state index in [1.807, 2.05) is 13.0 Å². The van der Waals surface area contributed by atoms with E-state index in [1.54, 1.807) is 37.6 Å². The molecular formula is C22H20FNO3. The number of benzene rings is 2. The summed E-state index contributed by atoms with van der Waals surface area (Å²) in [6, 6.07) is 9.94. The van der Waals surface area contributed by atoms with Gasteiger partial charge in [-0.3, -0.25) is 4.79 Å². The molecule has 3 rings (SSSR count). The standard InChI is InChI=1S/C22H20FNO3/c1-4-9-24-22(25)10-14(2)17-11-18-19(15-5-7-16(23)8-6-15)13-27-21(18)12-20(17)26-3/h4-8,10-13H,1,9H2,2-3H3,(H,24,25)/b14-10+. The minimum Gasteiger partial charge on any atom is -0.496 e. The topological polar surface area (TPSA) is 51.5 Å². The van der Waals surface area contributed by atoms with Crippen LogP contribution in [0.25, 0.3) is 27.7 Å². The van der Waals surface area contributed by atoms with Gasteiger partial charge in [0.25, 0.3) is 0 Å². The lowest BCUT2D eigenvalue weighted by atomic mass is 9.99. The molecule has 2 aromatic carbocycles. The molecule has 0 aliphatic heterocycles. The van der Waals surface area contributed by atoms with Gasteiger partial charge in [-0.25, -0.2) is 4.39 Å². The molecule has 0 unspecified atom stereocenters. The molecule has 0 saturated carbocycles. The molecule has 27 heavy (non-hydrogen) atoms. The van der Waals surface area contributed by atoms with Gasteiger partial charge in [0.2, 0.25) is 5.91 Å². The minimum atomic E-state index is -0.293. The number of ether oxygens (including phenoxy) is 1. The lowest BCUT2D eigenvalue weighted by Crippen LogP contribution is -2.20. The van der Waals surface area contributed by atoms with Crippen LogP contribution in [0.15, 0.2) is 65.8 Å². The number of carbonyl (C=O) groups excluding carboxylic acids is 1. The van der Waals surface area contributed by atoms with Gasteiger partial charge in [-0.15, -0.1) is 6.58 Å². The maximum absolute atomic E-state index is 13.2. The number of hydrogen-bond donors (Lipinski definition) is 1. The molecule has 0 saturated heterocycles. The van der Waals surface area contributed by atoms with E-state index in [9.17, 15) is 9.18 Å². The van der Waals surface area contributed by atoms with Gasteiger partial charge in [0.15, 0.2) is 0 Å². The maximum Gasteiger partial charge on any atom is 0.244 e. The summed E-state index contributed by atoms with van der Waals surface area (Å²) >= 11 is 0. The third-order valence-electron chi connectivity index (χ3n) is 4.24. The highest BCUT2D eigenvalue weighted by Gasteiger charge is 2.15. The first-order valence-electron chi connectivity index (χ1n) is 8.46. The fourth-order valence-corrected chi connectivity index (χ4v) is 2.88. The van der Waals surface area contributed by atoms with Crippen molar-refractivity contribution >= 4 is 22.4 Å². The number of halogens is 1. The Labute approximate surface area is 156 Å². The monoisotopic (exact) mass is 365 g/mol. The molecule has 0 radical (unpaired) electrons. The number of carbonyl (C=O) groups is 1. The zero-order valence-electron chi connectivity index (χ0n) is 15.2. The van der Waals surface area contributed by atoms with Crippen molar-refractivity contribution in [1.29, 1.82) is 0 Å². The van der Waals surface area contributed by atoms with Gasteiger partial charge in [-0.2, -0.15) is 0 Å². The maximum atomic E-state index is 13.2. The third kappa shape index (κ3) is 3.92. The number of methoxy groups -OCH3 is 1. The van der Waals surface area contributed by atoms with Crippen LogP contribution in [0.1, 0.15) is 12.5 Å². The summed E-state index contributed by atoms with van der Waals surface area (Å²) in [5.41, 5.74) is 3.87. The Morgan fingerprint density at radius 3 is 2.70 bits per heavy atom. The Balaban J connectivity index is 2.08. The van der Waals surface area contributed by atoms with Crippen LogP contribution < -0.4 is 10.1 Å². The first-order valence-corrected chi connectivity index (χ1v) is 8.46. The van der Waals surface area contributed by atoms with E-state index in [1.165, 1.54) is 18.2 Å². The largest absolute Gasteiger partial charge is 0.496 e. The van der Waals surface area contributed by atoms with Gasteiger partial charge in [0.1, 0.15) is 17.1 Å². The van der Waals surface area contributed by atoms with Crippen molar-refractivity contribution in [2.45, 2.75) is 6.92 Å². The number of amides is 1. The average molecular weight is 365 g/mol. The van der Waals surface area contributed by atoms with Crippen molar-refractivity contribution < 1.29 is 18.3 Å². The summed E-state index contributed by atoms with van der Waals surface area (Å²) < 4.78 is 24.4. The van der Waals surface area contributed by atoms with Gasteiger partial charge in [0, 0.05) is 35.2 Å². The molecule has 1 N–H and O–H groups in total. The highest BCUT2D eigenvalue weighted by atomic mass is 19.1. The van der Waals surface area contributed by atoms with Crippen LogP contribution in [-0.4, -0.2) is 19.6 Å². The van der Waals surface area contributed by atoms with Crippen molar-refractivity contribution in [1.82, 2.24) is 5.32 Å². The summed E-state index contributed by atoms with van der Waals surface area (Å²) in [6.07, 6.45) is 4.77. The Hall–Kier alpha value is -3.34. The lowest BCUT2D eigenvalue weighted by molar-refractivity contribution is -0.116. The van der Waals surface area contributed by atoms with Crippen molar-refractivity contribution in [2.75, 3.05) is 13.7 Å². The smallest absolute Gasteiger partial charge is 0.244 e. The second-order valence-electron chi connectivity index (χ2n) is 6.07.